The van der Waals surface area contributed by atoms with E-state index in [2.05, 4.69) is 25.6 Å². The van der Waals surface area contributed by atoms with E-state index < -0.39 is 40.4 Å². The molecule has 8 heteroatoms. The van der Waals surface area contributed by atoms with E-state index in [1.165, 1.54) is 0 Å². The van der Waals surface area contributed by atoms with Crippen molar-refractivity contribution in [2.45, 2.75) is 0 Å². The van der Waals surface area contributed by atoms with Crippen LogP contribution in [0.1, 0.15) is 10.5 Å². The fourth-order valence-electron chi connectivity index (χ4n) is 1.28. The predicted octanol–water partition coefficient (Wildman–Crippen LogP) is 3.22. The third kappa shape index (κ3) is 1.99. The Morgan fingerprint density at radius 1 is 1.28 bits per heavy atom. The molecule has 2 aromatic rings. The van der Waals surface area contributed by atoms with Crippen LogP contribution in [0.2, 0.25) is 0 Å². The molecule has 0 saturated heterocycles. The summed E-state index contributed by atoms with van der Waals surface area (Å²) >= 11 is 2.70. The summed E-state index contributed by atoms with van der Waals surface area (Å²) in [5.74, 6) is -5.83. The van der Waals surface area contributed by atoms with Crippen molar-refractivity contribution < 1.29 is 27.6 Å². The van der Waals surface area contributed by atoms with Gasteiger partial charge in [-0.15, -0.1) is 0 Å². The molecule has 0 aliphatic rings. The number of halogens is 4. The molecule has 94 valence electrons. The number of carbonyl (C=O) groups is 1. The van der Waals surface area contributed by atoms with Crippen molar-refractivity contribution in [3.63, 3.8) is 0 Å². The standard InChI is InChI=1S/C10H3BrF3NO3/c11-3-1-4(12)9(14)7(8(3)13)6-2-5(10(16)17)15-18-6/h1-2H,(H,16,17). The normalized spacial score (nSPS) is 10.7. The minimum atomic E-state index is -1.48. The second-order valence-electron chi connectivity index (χ2n) is 3.22. The average Bonchev–Trinajstić information content (AvgIpc) is 2.76. The molecule has 0 spiro atoms. The van der Waals surface area contributed by atoms with E-state index in [0.717, 1.165) is 6.07 Å². The molecule has 0 unspecified atom stereocenters. The highest BCUT2D eigenvalue weighted by atomic mass is 79.9. The lowest BCUT2D eigenvalue weighted by Crippen LogP contribution is -1.96. The summed E-state index contributed by atoms with van der Waals surface area (Å²) in [7, 11) is 0. The molecule has 1 N–H and O–H groups in total. The van der Waals surface area contributed by atoms with Gasteiger partial charge in [0.1, 0.15) is 0 Å². The SMILES string of the molecule is O=C(O)c1cc(-c2c(F)c(F)cc(Br)c2F)on1. The highest BCUT2D eigenvalue weighted by Gasteiger charge is 2.23. The molecule has 0 aliphatic carbocycles. The Morgan fingerprint density at radius 3 is 2.50 bits per heavy atom. The van der Waals surface area contributed by atoms with Crippen molar-refractivity contribution in [3.8, 4) is 11.3 Å². The fourth-order valence-corrected chi connectivity index (χ4v) is 1.68. The largest absolute Gasteiger partial charge is 0.476 e. The predicted molar refractivity (Wildman–Crippen MR) is 56.5 cm³/mol. The van der Waals surface area contributed by atoms with Crippen molar-refractivity contribution >= 4 is 21.9 Å². The molecular weight excluding hydrogens is 319 g/mol. The van der Waals surface area contributed by atoms with Gasteiger partial charge in [-0.3, -0.25) is 0 Å². The zero-order valence-corrected chi connectivity index (χ0v) is 9.96. The van der Waals surface area contributed by atoms with E-state index in [9.17, 15) is 18.0 Å². The molecule has 18 heavy (non-hydrogen) atoms. The molecule has 1 heterocycles. The van der Waals surface area contributed by atoms with Gasteiger partial charge < -0.3 is 9.63 Å². The molecule has 0 saturated carbocycles. The molecule has 1 aromatic carbocycles. The molecule has 4 nitrogen and oxygen atoms in total. The maximum atomic E-state index is 13.6. The van der Waals surface area contributed by atoms with Gasteiger partial charge in [0.05, 0.1) is 10.0 Å². The zero-order valence-electron chi connectivity index (χ0n) is 8.38. The molecule has 0 radical (unpaired) electrons. The van der Waals surface area contributed by atoms with Gasteiger partial charge in [-0.25, -0.2) is 18.0 Å². The number of aromatic nitrogens is 1. The van der Waals surface area contributed by atoms with Crippen LogP contribution < -0.4 is 0 Å². The summed E-state index contributed by atoms with van der Waals surface area (Å²) in [5, 5.41) is 11.7. The number of benzene rings is 1. The molecule has 0 amide bonds. The quantitative estimate of drug-likeness (QED) is 0.863. The number of aromatic carboxylic acids is 1. The summed E-state index contributed by atoms with van der Waals surface area (Å²) in [6.45, 7) is 0. The summed E-state index contributed by atoms with van der Waals surface area (Å²) in [4.78, 5) is 10.6. The first-order valence-electron chi connectivity index (χ1n) is 4.45. The molecule has 0 fully saturated rings. The fraction of sp³-hybridized carbons (Fsp3) is 0. The summed E-state index contributed by atoms with van der Waals surface area (Å²) in [6, 6.07) is 1.42. The van der Waals surface area contributed by atoms with Crippen LogP contribution in [0.15, 0.2) is 21.1 Å². The van der Waals surface area contributed by atoms with Crippen LogP contribution in [0.3, 0.4) is 0 Å². The first-order chi connectivity index (χ1) is 8.41. The Balaban J connectivity index is 2.66. The van der Waals surface area contributed by atoms with E-state index in [1.54, 1.807) is 0 Å². The molecule has 0 bridgehead atoms. The Kier molecular flexibility index (Phi) is 3.12. The Hall–Kier alpha value is -1.83. The van der Waals surface area contributed by atoms with Crippen molar-refractivity contribution in [2.75, 3.05) is 0 Å². The number of carboxylic acids is 1. The summed E-state index contributed by atoms with van der Waals surface area (Å²) < 4.78 is 44.4. The first kappa shape index (κ1) is 12.6. The minimum Gasteiger partial charge on any atom is -0.476 e. The van der Waals surface area contributed by atoms with Gasteiger partial charge >= 0.3 is 5.97 Å². The monoisotopic (exact) mass is 321 g/mol. The van der Waals surface area contributed by atoms with E-state index in [4.69, 9.17) is 5.11 Å². The molecular formula is C10H3BrF3NO3. The van der Waals surface area contributed by atoms with Gasteiger partial charge in [0.2, 0.25) is 0 Å². The molecule has 2 rings (SSSR count). The van der Waals surface area contributed by atoms with Crippen LogP contribution in [0, 0.1) is 17.5 Å². The Labute approximate surface area is 106 Å². The van der Waals surface area contributed by atoms with E-state index >= 15 is 0 Å². The van der Waals surface area contributed by atoms with Gasteiger partial charge in [0, 0.05) is 6.07 Å². The number of rotatable bonds is 2. The maximum absolute atomic E-state index is 13.6. The van der Waals surface area contributed by atoms with Crippen molar-refractivity contribution in [3.05, 3.63) is 39.8 Å². The zero-order chi connectivity index (χ0) is 13.4. The second-order valence-corrected chi connectivity index (χ2v) is 4.08. The highest BCUT2D eigenvalue weighted by molar-refractivity contribution is 9.10. The van der Waals surface area contributed by atoms with Crippen LogP contribution in [-0.4, -0.2) is 16.2 Å². The number of carboxylic acid groups (broad SMARTS) is 1. The van der Waals surface area contributed by atoms with Crippen LogP contribution in [-0.2, 0) is 0 Å². The van der Waals surface area contributed by atoms with Crippen molar-refractivity contribution in [2.24, 2.45) is 0 Å². The van der Waals surface area contributed by atoms with Crippen LogP contribution in [0.4, 0.5) is 13.2 Å². The van der Waals surface area contributed by atoms with Gasteiger partial charge in [-0.2, -0.15) is 0 Å². The first-order valence-corrected chi connectivity index (χ1v) is 5.24. The Morgan fingerprint density at radius 2 is 1.94 bits per heavy atom. The Bertz CT molecular complexity index is 615. The van der Waals surface area contributed by atoms with E-state index in [0.29, 0.717) is 6.07 Å². The number of hydrogen-bond acceptors (Lipinski definition) is 3. The molecule has 1 aromatic heterocycles. The summed E-state index contributed by atoms with van der Waals surface area (Å²) in [5.41, 5.74) is -1.36. The van der Waals surface area contributed by atoms with Crippen molar-refractivity contribution in [1.29, 1.82) is 0 Å². The van der Waals surface area contributed by atoms with Crippen LogP contribution in [0.25, 0.3) is 11.3 Å². The highest BCUT2D eigenvalue weighted by Crippen LogP contribution is 2.32. The van der Waals surface area contributed by atoms with E-state index in [-0.39, 0.29) is 4.47 Å². The summed E-state index contributed by atoms with van der Waals surface area (Å²) in [6.07, 6.45) is 0. The minimum absolute atomic E-state index is 0.315. The third-order valence-electron chi connectivity index (χ3n) is 2.09. The topological polar surface area (TPSA) is 63.3 Å². The van der Waals surface area contributed by atoms with Gasteiger partial charge in [0.15, 0.2) is 28.9 Å². The van der Waals surface area contributed by atoms with E-state index in [1.807, 2.05) is 0 Å². The van der Waals surface area contributed by atoms with Crippen LogP contribution in [0.5, 0.6) is 0 Å². The van der Waals surface area contributed by atoms with Gasteiger partial charge in [0.25, 0.3) is 0 Å². The lowest BCUT2D eigenvalue weighted by Gasteiger charge is -2.03. The van der Waals surface area contributed by atoms with Gasteiger partial charge in [-0.05, 0) is 22.0 Å². The number of hydrogen-bond donors (Lipinski definition) is 1. The molecule has 0 atom stereocenters. The van der Waals surface area contributed by atoms with Crippen LogP contribution >= 0.6 is 15.9 Å². The lowest BCUT2D eigenvalue weighted by atomic mass is 10.1. The van der Waals surface area contributed by atoms with Gasteiger partial charge in [-0.1, -0.05) is 5.16 Å². The lowest BCUT2D eigenvalue weighted by molar-refractivity contribution is 0.0686. The molecule has 0 aliphatic heterocycles. The van der Waals surface area contributed by atoms with Crippen molar-refractivity contribution in [1.82, 2.24) is 5.16 Å². The smallest absolute Gasteiger partial charge is 0.358 e. The second kappa shape index (κ2) is 4.45. The number of nitrogens with zero attached hydrogens (tertiary/aromatic N) is 1. The third-order valence-corrected chi connectivity index (χ3v) is 2.66. The average molecular weight is 322 g/mol. The maximum Gasteiger partial charge on any atom is 0.358 e.